The first-order chi connectivity index (χ1) is 15.1. The Morgan fingerprint density at radius 2 is 1.81 bits per heavy atom. The van der Waals surface area contributed by atoms with Crippen LogP contribution in [0.25, 0.3) is 17.2 Å². The zero-order chi connectivity index (χ0) is 21.6. The van der Waals surface area contributed by atoms with Gasteiger partial charge < -0.3 is 10.1 Å². The van der Waals surface area contributed by atoms with Crippen molar-refractivity contribution in [3.63, 3.8) is 0 Å². The summed E-state index contributed by atoms with van der Waals surface area (Å²) in [4.78, 5) is 15.7. The van der Waals surface area contributed by atoms with Crippen molar-refractivity contribution in [3.8, 4) is 0 Å². The Balaban J connectivity index is 1.43. The van der Waals surface area contributed by atoms with Crippen LogP contribution in [0.15, 0.2) is 59.5 Å². The van der Waals surface area contributed by atoms with E-state index in [0.29, 0.717) is 13.0 Å². The molecular weight excluding hydrogens is 408 g/mol. The molecule has 0 spiro atoms. The lowest BCUT2D eigenvalue weighted by Crippen LogP contribution is -2.41. The van der Waals surface area contributed by atoms with E-state index in [1.165, 1.54) is 0 Å². The number of morpholine rings is 1. The predicted octanol–water partition coefficient (Wildman–Crippen LogP) is 3.20. The molecule has 4 rings (SSSR count). The number of carbonyl (C=O) groups is 1. The van der Waals surface area contributed by atoms with Gasteiger partial charge in [-0.3, -0.25) is 13.9 Å². The van der Waals surface area contributed by atoms with Crippen LogP contribution in [0, 0.1) is 0 Å². The second-order valence-corrected chi connectivity index (χ2v) is 9.20. The lowest BCUT2D eigenvalue weighted by atomic mass is 10.0. The van der Waals surface area contributed by atoms with Crippen LogP contribution in [0.3, 0.4) is 0 Å². The Labute approximate surface area is 186 Å². The van der Waals surface area contributed by atoms with Gasteiger partial charge in [0.15, 0.2) is 0 Å². The lowest BCUT2D eigenvalue weighted by Gasteiger charge is -2.26. The summed E-state index contributed by atoms with van der Waals surface area (Å²) < 4.78 is 17.0. The first-order valence-electron chi connectivity index (χ1n) is 10.6. The van der Waals surface area contributed by atoms with Crippen molar-refractivity contribution in [2.75, 3.05) is 45.6 Å². The Kier molecular flexibility index (Phi) is 7.12. The van der Waals surface area contributed by atoms with Crippen LogP contribution in [-0.2, 0) is 20.3 Å². The van der Waals surface area contributed by atoms with E-state index in [4.69, 9.17) is 4.74 Å². The standard InChI is InChI=1S/C25H28N2O3S/c1-31(29)22-8-6-19(7-9-22)16-20-17-21(24-5-3-2-4-23(20)24)18-25(28)26-10-11-27-12-14-30-15-13-27/h2-9,16-17H,10-15,18H2,1H3,(H,26,28). The van der Waals surface area contributed by atoms with Crippen LogP contribution in [0.5, 0.6) is 0 Å². The monoisotopic (exact) mass is 436 g/mol. The molecule has 0 saturated carbocycles. The van der Waals surface area contributed by atoms with Crippen molar-refractivity contribution in [2.45, 2.75) is 11.3 Å². The van der Waals surface area contributed by atoms with E-state index in [-0.39, 0.29) is 5.91 Å². The summed E-state index contributed by atoms with van der Waals surface area (Å²) in [7, 11) is -0.981. The van der Waals surface area contributed by atoms with Gasteiger partial charge in [-0.1, -0.05) is 36.4 Å². The first-order valence-corrected chi connectivity index (χ1v) is 12.2. The molecule has 1 fully saturated rings. The van der Waals surface area contributed by atoms with Crippen molar-refractivity contribution < 1.29 is 13.7 Å². The minimum absolute atomic E-state index is 0.0466. The molecule has 31 heavy (non-hydrogen) atoms. The summed E-state index contributed by atoms with van der Waals surface area (Å²) in [6.45, 7) is 4.91. The third-order valence-electron chi connectivity index (χ3n) is 5.65. The van der Waals surface area contributed by atoms with Gasteiger partial charge in [0, 0.05) is 48.1 Å². The van der Waals surface area contributed by atoms with Gasteiger partial charge in [-0.05, 0) is 52.1 Å². The minimum Gasteiger partial charge on any atom is -0.379 e. The van der Waals surface area contributed by atoms with Crippen LogP contribution in [-0.4, -0.2) is 60.7 Å². The number of hydrogen-bond acceptors (Lipinski definition) is 4. The molecule has 1 aliphatic heterocycles. The molecule has 6 heteroatoms. The SMILES string of the molecule is CS(=O)c1ccc(C=C2C=C(CC(=O)NCCN3CCOCC3)c3ccccc32)cc1. The summed E-state index contributed by atoms with van der Waals surface area (Å²) in [5.74, 6) is 0.0466. The van der Waals surface area contributed by atoms with Gasteiger partial charge >= 0.3 is 0 Å². The van der Waals surface area contributed by atoms with E-state index in [0.717, 1.165) is 65.6 Å². The van der Waals surface area contributed by atoms with Gasteiger partial charge in [-0.25, -0.2) is 0 Å². The van der Waals surface area contributed by atoms with Gasteiger partial charge in [0.05, 0.1) is 19.6 Å². The molecule has 1 heterocycles. The number of ether oxygens (including phenoxy) is 1. The molecule has 2 aliphatic rings. The second-order valence-electron chi connectivity index (χ2n) is 7.82. The van der Waals surface area contributed by atoms with Gasteiger partial charge in [-0.15, -0.1) is 0 Å². The zero-order valence-corrected chi connectivity index (χ0v) is 18.6. The maximum atomic E-state index is 12.6. The number of hydrogen-bond donors (Lipinski definition) is 1. The Morgan fingerprint density at radius 3 is 2.52 bits per heavy atom. The number of nitrogens with zero attached hydrogens (tertiary/aromatic N) is 1. The third kappa shape index (κ3) is 5.58. The van der Waals surface area contributed by atoms with Crippen molar-refractivity contribution in [1.82, 2.24) is 10.2 Å². The topological polar surface area (TPSA) is 58.6 Å². The van der Waals surface area contributed by atoms with Gasteiger partial charge in [0.2, 0.25) is 5.91 Å². The summed E-state index contributed by atoms with van der Waals surface area (Å²) >= 11 is 0. The minimum atomic E-state index is -0.981. The van der Waals surface area contributed by atoms with Gasteiger partial charge in [-0.2, -0.15) is 0 Å². The van der Waals surface area contributed by atoms with Crippen LogP contribution in [0.4, 0.5) is 0 Å². The highest BCUT2D eigenvalue weighted by Crippen LogP contribution is 2.37. The highest BCUT2D eigenvalue weighted by molar-refractivity contribution is 7.84. The predicted molar refractivity (Wildman–Crippen MR) is 126 cm³/mol. The van der Waals surface area contributed by atoms with E-state index in [1.54, 1.807) is 6.26 Å². The van der Waals surface area contributed by atoms with E-state index in [2.05, 4.69) is 34.5 Å². The molecule has 2 aromatic rings. The number of benzene rings is 2. The highest BCUT2D eigenvalue weighted by Gasteiger charge is 2.20. The van der Waals surface area contributed by atoms with Crippen LogP contribution < -0.4 is 5.32 Å². The molecule has 0 aromatic heterocycles. The lowest BCUT2D eigenvalue weighted by molar-refractivity contribution is -0.120. The molecule has 162 valence electrons. The number of carbonyl (C=O) groups excluding carboxylic acids is 1. The van der Waals surface area contributed by atoms with Gasteiger partial charge in [0.1, 0.15) is 0 Å². The first kappa shape index (κ1) is 21.7. The van der Waals surface area contributed by atoms with Crippen LogP contribution >= 0.6 is 0 Å². The molecular formula is C25H28N2O3S. The highest BCUT2D eigenvalue weighted by atomic mass is 32.2. The average Bonchev–Trinajstić information content (AvgIpc) is 3.12. The van der Waals surface area contributed by atoms with Crippen molar-refractivity contribution in [1.29, 1.82) is 0 Å². The molecule has 1 atom stereocenters. The molecule has 2 aromatic carbocycles. The molecule has 1 saturated heterocycles. The molecule has 5 nitrogen and oxygen atoms in total. The quantitative estimate of drug-likeness (QED) is 0.724. The summed E-state index contributed by atoms with van der Waals surface area (Å²) in [6.07, 6.45) is 6.27. The summed E-state index contributed by atoms with van der Waals surface area (Å²) in [5.41, 5.74) is 5.44. The maximum Gasteiger partial charge on any atom is 0.224 e. The fourth-order valence-corrected chi connectivity index (χ4v) is 4.49. The Morgan fingerprint density at radius 1 is 1.10 bits per heavy atom. The third-order valence-corrected chi connectivity index (χ3v) is 6.59. The molecule has 1 amide bonds. The Hall–Kier alpha value is -2.54. The van der Waals surface area contributed by atoms with Crippen LogP contribution in [0.1, 0.15) is 23.1 Å². The fraction of sp³-hybridized carbons (Fsp3) is 0.320. The molecule has 0 bridgehead atoms. The smallest absolute Gasteiger partial charge is 0.224 e. The summed E-state index contributed by atoms with van der Waals surface area (Å²) in [5, 5.41) is 3.06. The number of rotatable bonds is 7. The molecule has 1 N–H and O–H groups in total. The normalized spacial score (nSPS) is 18.5. The average molecular weight is 437 g/mol. The number of fused-ring (bicyclic) bond motifs is 1. The maximum absolute atomic E-state index is 12.6. The molecule has 1 aliphatic carbocycles. The van der Waals surface area contributed by atoms with E-state index < -0.39 is 10.8 Å². The van der Waals surface area contributed by atoms with Crippen molar-refractivity contribution in [2.24, 2.45) is 0 Å². The van der Waals surface area contributed by atoms with Crippen molar-refractivity contribution >= 4 is 33.9 Å². The molecule has 0 radical (unpaired) electrons. The zero-order valence-electron chi connectivity index (χ0n) is 17.8. The van der Waals surface area contributed by atoms with Crippen molar-refractivity contribution in [3.05, 3.63) is 71.3 Å². The summed E-state index contributed by atoms with van der Waals surface area (Å²) in [6, 6.07) is 16.0. The van der Waals surface area contributed by atoms with E-state index in [9.17, 15) is 9.00 Å². The van der Waals surface area contributed by atoms with Crippen LogP contribution in [0.2, 0.25) is 0 Å². The number of amides is 1. The number of allylic oxidation sites excluding steroid dienone is 2. The molecule has 1 unspecified atom stereocenters. The Bertz CT molecular complexity index is 1020. The van der Waals surface area contributed by atoms with E-state index >= 15 is 0 Å². The largest absolute Gasteiger partial charge is 0.379 e. The fourth-order valence-electron chi connectivity index (χ4n) is 3.97. The van der Waals surface area contributed by atoms with Gasteiger partial charge in [0.25, 0.3) is 0 Å². The second kappa shape index (κ2) is 10.2. The number of nitrogens with one attached hydrogen (secondary N) is 1. The van der Waals surface area contributed by atoms with E-state index in [1.807, 2.05) is 36.4 Å².